The van der Waals surface area contributed by atoms with Gasteiger partial charge in [-0.05, 0) is 56.4 Å². The van der Waals surface area contributed by atoms with Gasteiger partial charge in [0.1, 0.15) is 5.56 Å². The summed E-state index contributed by atoms with van der Waals surface area (Å²) in [7, 11) is -3.89. The average molecular weight is 432 g/mol. The predicted octanol–water partition coefficient (Wildman–Crippen LogP) is 2.10. The standard InChI is InChI=1S/C17H16N6O4S2/c1-9-7-10(2)20-16(19-9)23-29(26,27)12-5-3-11(4-6-12)18-8-13-14(24)21-17(28)22-15(13)25/h3-8H,1-2H3,(H,19,20,23)(H3,21,22,24,25,28). The van der Waals surface area contributed by atoms with Crippen LogP contribution in [0.25, 0.3) is 0 Å². The Morgan fingerprint density at radius 3 is 2.34 bits per heavy atom. The van der Waals surface area contributed by atoms with E-state index in [-0.39, 0.29) is 21.2 Å². The number of sulfonamides is 1. The number of aromatic amines is 2. The molecule has 0 bridgehead atoms. The highest BCUT2D eigenvalue weighted by Gasteiger charge is 2.16. The minimum atomic E-state index is -3.89. The van der Waals surface area contributed by atoms with E-state index in [9.17, 15) is 18.3 Å². The number of hydrogen-bond donors (Lipinski definition) is 4. The highest BCUT2D eigenvalue weighted by atomic mass is 32.2. The van der Waals surface area contributed by atoms with Crippen molar-refractivity contribution in [2.75, 3.05) is 4.72 Å². The maximum Gasteiger partial charge on any atom is 0.264 e. The lowest BCUT2D eigenvalue weighted by molar-refractivity contribution is 0.449. The van der Waals surface area contributed by atoms with Gasteiger partial charge < -0.3 is 10.1 Å². The van der Waals surface area contributed by atoms with E-state index in [0.717, 1.165) is 6.21 Å². The summed E-state index contributed by atoms with van der Waals surface area (Å²) in [5.74, 6) is -0.430. The Bertz CT molecular complexity index is 1290. The maximum atomic E-state index is 12.5. The lowest BCUT2D eigenvalue weighted by atomic mass is 10.3. The molecule has 0 fully saturated rings. The Morgan fingerprint density at radius 2 is 1.76 bits per heavy atom. The molecular weight excluding hydrogens is 416 g/mol. The van der Waals surface area contributed by atoms with Gasteiger partial charge in [0, 0.05) is 17.6 Å². The molecule has 2 aromatic heterocycles. The van der Waals surface area contributed by atoms with Crippen LogP contribution in [-0.2, 0) is 10.0 Å². The van der Waals surface area contributed by atoms with Crippen LogP contribution in [0, 0.1) is 18.6 Å². The molecule has 0 unspecified atom stereocenters. The van der Waals surface area contributed by atoms with E-state index in [0.29, 0.717) is 17.1 Å². The molecule has 0 saturated carbocycles. The number of benzene rings is 1. The molecule has 2 heterocycles. The summed E-state index contributed by atoms with van der Waals surface area (Å²) in [6, 6.07) is 7.32. The molecular formula is C17H16N6O4S2. The molecule has 0 amide bonds. The molecule has 0 saturated heterocycles. The van der Waals surface area contributed by atoms with Crippen molar-refractivity contribution < 1.29 is 13.5 Å². The first-order valence-corrected chi connectivity index (χ1v) is 10.1. The van der Waals surface area contributed by atoms with E-state index in [2.05, 4.69) is 29.7 Å². The van der Waals surface area contributed by atoms with E-state index in [1.807, 2.05) is 0 Å². The summed E-state index contributed by atoms with van der Waals surface area (Å²) < 4.78 is 27.3. The summed E-state index contributed by atoms with van der Waals surface area (Å²) in [4.78, 5) is 28.7. The van der Waals surface area contributed by atoms with Crippen LogP contribution in [-0.4, -0.2) is 39.7 Å². The SMILES string of the molecule is Cc1cc(C)nc(NS(=O)(=O)c2ccc(N=Cc3c(O)[nH]c(=S)[nH]c3=O)cc2)n1. The first-order chi connectivity index (χ1) is 13.6. The van der Waals surface area contributed by atoms with Gasteiger partial charge >= 0.3 is 0 Å². The van der Waals surface area contributed by atoms with Crippen LogP contribution in [0.2, 0.25) is 0 Å². The van der Waals surface area contributed by atoms with Gasteiger partial charge in [-0.1, -0.05) is 0 Å². The largest absolute Gasteiger partial charge is 0.494 e. The molecule has 3 rings (SSSR count). The zero-order chi connectivity index (χ0) is 21.2. The van der Waals surface area contributed by atoms with Crippen molar-refractivity contribution in [3.8, 4) is 5.88 Å². The van der Waals surface area contributed by atoms with Crippen molar-refractivity contribution in [2.24, 2.45) is 4.99 Å². The van der Waals surface area contributed by atoms with Gasteiger partial charge in [-0.15, -0.1) is 0 Å². The molecule has 0 aliphatic heterocycles. The van der Waals surface area contributed by atoms with Crippen LogP contribution in [0.4, 0.5) is 11.6 Å². The van der Waals surface area contributed by atoms with Crippen molar-refractivity contribution in [2.45, 2.75) is 18.7 Å². The van der Waals surface area contributed by atoms with Crippen molar-refractivity contribution in [3.63, 3.8) is 0 Å². The first-order valence-electron chi connectivity index (χ1n) is 8.19. The van der Waals surface area contributed by atoms with Crippen molar-refractivity contribution in [1.29, 1.82) is 0 Å². The number of hydrogen-bond acceptors (Lipinski definition) is 8. The second-order valence-corrected chi connectivity index (χ2v) is 8.09. The number of anilines is 1. The van der Waals surface area contributed by atoms with Gasteiger partial charge in [-0.25, -0.2) is 23.1 Å². The molecule has 0 atom stereocenters. The van der Waals surface area contributed by atoms with Gasteiger partial charge in [0.25, 0.3) is 15.6 Å². The molecule has 0 spiro atoms. The fourth-order valence-electron chi connectivity index (χ4n) is 2.41. The Kier molecular flexibility index (Phi) is 5.57. The normalized spacial score (nSPS) is 11.7. The molecule has 12 heteroatoms. The number of nitrogens with zero attached hydrogens (tertiary/aromatic N) is 3. The number of H-pyrrole nitrogens is 2. The summed E-state index contributed by atoms with van der Waals surface area (Å²) in [5.41, 5.74) is 0.933. The van der Waals surface area contributed by atoms with E-state index in [4.69, 9.17) is 12.2 Å². The third-order valence-electron chi connectivity index (χ3n) is 3.66. The molecule has 29 heavy (non-hydrogen) atoms. The lowest BCUT2D eigenvalue weighted by Gasteiger charge is -2.08. The van der Waals surface area contributed by atoms with Crippen LogP contribution in [0.1, 0.15) is 17.0 Å². The number of nitrogens with one attached hydrogen (secondary N) is 3. The number of aromatic nitrogens is 4. The second kappa shape index (κ2) is 7.93. The van der Waals surface area contributed by atoms with Gasteiger partial charge in [-0.3, -0.25) is 14.8 Å². The van der Waals surface area contributed by atoms with Crippen LogP contribution >= 0.6 is 12.2 Å². The smallest absolute Gasteiger partial charge is 0.264 e. The highest BCUT2D eigenvalue weighted by molar-refractivity contribution is 7.92. The van der Waals surface area contributed by atoms with Crippen molar-refractivity contribution in [1.82, 2.24) is 19.9 Å². The Morgan fingerprint density at radius 1 is 1.14 bits per heavy atom. The summed E-state index contributed by atoms with van der Waals surface area (Å²) in [5, 5.41) is 9.75. The van der Waals surface area contributed by atoms with E-state index in [1.165, 1.54) is 24.3 Å². The van der Waals surface area contributed by atoms with Gasteiger partial charge in [0.05, 0.1) is 10.6 Å². The van der Waals surface area contributed by atoms with E-state index < -0.39 is 21.5 Å². The van der Waals surface area contributed by atoms with Gasteiger partial charge in [0.15, 0.2) is 4.77 Å². The van der Waals surface area contributed by atoms with E-state index in [1.54, 1.807) is 19.9 Å². The highest BCUT2D eigenvalue weighted by Crippen LogP contribution is 2.19. The molecule has 150 valence electrons. The molecule has 1 aromatic carbocycles. The third-order valence-corrected chi connectivity index (χ3v) is 5.20. The zero-order valence-electron chi connectivity index (χ0n) is 15.3. The number of aryl methyl sites for hydroxylation is 2. The van der Waals surface area contributed by atoms with Crippen molar-refractivity contribution >= 4 is 40.1 Å². The quantitative estimate of drug-likeness (QED) is 0.356. The monoisotopic (exact) mass is 432 g/mol. The van der Waals surface area contributed by atoms with Crippen LogP contribution < -0.4 is 10.3 Å². The Labute approximate surface area is 170 Å². The Balaban J connectivity index is 1.82. The summed E-state index contributed by atoms with van der Waals surface area (Å²) in [6.45, 7) is 3.48. The summed E-state index contributed by atoms with van der Waals surface area (Å²) in [6.07, 6.45) is 1.14. The minimum absolute atomic E-state index is 0.0105. The second-order valence-electron chi connectivity index (χ2n) is 6.00. The number of aromatic hydroxyl groups is 1. The fourth-order valence-corrected chi connectivity index (χ4v) is 3.54. The third kappa shape index (κ3) is 4.92. The topological polar surface area (TPSA) is 153 Å². The molecule has 0 radical (unpaired) electrons. The molecule has 0 aliphatic carbocycles. The molecule has 10 nitrogen and oxygen atoms in total. The predicted molar refractivity (Wildman–Crippen MR) is 110 cm³/mol. The number of rotatable bonds is 5. The molecule has 3 aromatic rings. The zero-order valence-corrected chi connectivity index (χ0v) is 16.9. The van der Waals surface area contributed by atoms with Crippen LogP contribution in [0.15, 0.2) is 45.0 Å². The first kappa shape index (κ1) is 20.4. The summed E-state index contributed by atoms with van der Waals surface area (Å²) >= 11 is 4.75. The van der Waals surface area contributed by atoms with Crippen LogP contribution in [0.5, 0.6) is 5.88 Å². The minimum Gasteiger partial charge on any atom is -0.494 e. The molecule has 0 aliphatic rings. The molecule has 4 N–H and O–H groups in total. The fraction of sp³-hybridized carbons (Fsp3) is 0.118. The van der Waals surface area contributed by atoms with Crippen molar-refractivity contribution in [3.05, 3.63) is 62.4 Å². The number of aliphatic imine (C=N–C) groups is 1. The average Bonchev–Trinajstić information content (AvgIpc) is 2.60. The van der Waals surface area contributed by atoms with E-state index >= 15 is 0 Å². The van der Waals surface area contributed by atoms with Crippen LogP contribution in [0.3, 0.4) is 0 Å². The van der Waals surface area contributed by atoms with Gasteiger partial charge in [0.2, 0.25) is 11.8 Å². The Hall–Kier alpha value is -3.38. The maximum absolute atomic E-state index is 12.5. The van der Waals surface area contributed by atoms with Gasteiger partial charge in [-0.2, -0.15) is 0 Å². The lowest BCUT2D eigenvalue weighted by Crippen LogP contribution is -2.15.